The summed E-state index contributed by atoms with van der Waals surface area (Å²) in [7, 11) is 4.09. The molecule has 5 aliphatic carbocycles. The molecule has 2 aromatic rings. The third-order valence-electron chi connectivity index (χ3n) is 11.3. The van der Waals surface area contributed by atoms with E-state index in [0.29, 0.717) is 11.8 Å². The quantitative estimate of drug-likeness (QED) is 0.632. The van der Waals surface area contributed by atoms with Gasteiger partial charge in [0.05, 0.1) is 6.10 Å². The highest BCUT2D eigenvalue weighted by molar-refractivity contribution is 5.82. The Hall–Kier alpha value is -2.01. The highest BCUT2D eigenvalue weighted by atomic mass is 16.3. The van der Waals surface area contributed by atoms with E-state index in [9.17, 15) is 10.2 Å². The molecule has 3 fully saturated rings. The van der Waals surface area contributed by atoms with Crippen LogP contribution in [-0.2, 0) is 0 Å². The molecule has 5 aliphatic rings. The number of rotatable bonds is 2. The van der Waals surface area contributed by atoms with Crippen molar-refractivity contribution in [1.82, 2.24) is 9.88 Å². The number of aliphatic hydroxyl groups excluding tert-OH is 2. The van der Waals surface area contributed by atoms with Gasteiger partial charge in [0.15, 0.2) is 0 Å². The molecule has 3 saturated carbocycles. The van der Waals surface area contributed by atoms with Crippen molar-refractivity contribution in [2.75, 3.05) is 14.1 Å². The van der Waals surface area contributed by atoms with Gasteiger partial charge in [-0.05, 0) is 121 Å². The van der Waals surface area contributed by atoms with E-state index in [4.69, 9.17) is 0 Å². The van der Waals surface area contributed by atoms with Crippen molar-refractivity contribution in [2.24, 2.45) is 22.2 Å². The van der Waals surface area contributed by atoms with Crippen molar-refractivity contribution in [1.29, 1.82) is 0 Å². The first kappa shape index (κ1) is 22.2. The van der Waals surface area contributed by atoms with Crippen LogP contribution in [0.25, 0.3) is 10.8 Å². The number of allylic oxidation sites excluding steroid dienone is 3. The standard InChI is InChI=1S/C31H38N2O2/c1-29-10-8-22-15-24-27(34)28(35)25(33(2)3)16-30(24)11-12-31(22,18-30)26(29)7-6-23(29)20-5-4-19-9-13-32-17-21(19)14-20/h4-5,8-9,13-15,17,23,25-28,34-35H,6-7,10-12,16,18H2,1-3H3/t23-,25+,26-,27-,28-,29-,30+,31-/m1/s1. The van der Waals surface area contributed by atoms with Crippen LogP contribution in [0.5, 0.6) is 0 Å². The van der Waals surface area contributed by atoms with Crippen LogP contribution < -0.4 is 0 Å². The number of likely N-dealkylation sites (N-methyl/N-ethyl adjacent to an activating group) is 1. The van der Waals surface area contributed by atoms with Gasteiger partial charge in [0.25, 0.3) is 0 Å². The predicted octanol–water partition coefficient (Wildman–Crippen LogP) is 5.22. The van der Waals surface area contributed by atoms with Crippen LogP contribution in [-0.4, -0.2) is 52.4 Å². The van der Waals surface area contributed by atoms with Crippen molar-refractivity contribution < 1.29 is 10.2 Å². The Labute approximate surface area is 208 Å². The largest absolute Gasteiger partial charge is 0.388 e. The molecule has 7 rings (SSSR count). The fourth-order valence-corrected chi connectivity index (χ4v) is 9.68. The lowest BCUT2D eigenvalue weighted by molar-refractivity contribution is -0.0639. The van der Waals surface area contributed by atoms with E-state index in [0.717, 1.165) is 31.3 Å². The topological polar surface area (TPSA) is 56.6 Å². The van der Waals surface area contributed by atoms with Crippen LogP contribution in [0.4, 0.5) is 0 Å². The number of pyridine rings is 1. The number of nitrogens with zero attached hydrogens (tertiary/aromatic N) is 2. The molecule has 0 aliphatic heterocycles. The Morgan fingerprint density at radius 1 is 1.06 bits per heavy atom. The molecule has 184 valence electrons. The van der Waals surface area contributed by atoms with E-state index < -0.39 is 12.2 Å². The Morgan fingerprint density at radius 3 is 2.74 bits per heavy atom. The molecular formula is C31H38N2O2. The van der Waals surface area contributed by atoms with Crippen molar-refractivity contribution in [3.63, 3.8) is 0 Å². The van der Waals surface area contributed by atoms with Crippen LogP contribution in [0, 0.1) is 22.2 Å². The Balaban J connectivity index is 1.29. The maximum atomic E-state index is 11.2. The number of aliphatic hydroxyl groups is 2. The minimum Gasteiger partial charge on any atom is -0.388 e. The lowest BCUT2D eigenvalue weighted by Crippen LogP contribution is -2.57. The molecule has 1 aromatic heterocycles. The van der Waals surface area contributed by atoms with Crippen molar-refractivity contribution in [3.05, 3.63) is 65.5 Å². The van der Waals surface area contributed by atoms with Gasteiger partial charge in [-0.2, -0.15) is 0 Å². The van der Waals surface area contributed by atoms with Crippen LogP contribution in [0.3, 0.4) is 0 Å². The van der Waals surface area contributed by atoms with Crippen LogP contribution in [0.15, 0.2) is 60.0 Å². The Morgan fingerprint density at radius 2 is 1.91 bits per heavy atom. The first-order valence-corrected chi connectivity index (χ1v) is 13.6. The molecule has 2 spiro atoms. The van der Waals surface area contributed by atoms with Gasteiger partial charge in [-0.15, -0.1) is 0 Å². The molecule has 8 atom stereocenters. The van der Waals surface area contributed by atoms with Gasteiger partial charge in [0, 0.05) is 23.8 Å². The van der Waals surface area contributed by atoms with E-state index in [1.807, 2.05) is 26.5 Å². The SMILES string of the molecule is CN(C)[C@H]1C[C@@]23CC[C@@]4(C2)C(=CC[C@]2(C)[C@@H](c5ccc6ccncc6c5)CC[C@@H]42)C=C3[C@@H](O)[C@@H]1O. The molecule has 4 nitrogen and oxygen atoms in total. The van der Waals surface area contributed by atoms with Gasteiger partial charge in [-0.1, -0.05) is 31.2 Å². The molecule has 1 aromatic carbocycles. The van der Waals surface area contributed by atoms with Crippen molar-refractivity contribution in [3.8, 4) is 0 Å². The molecule has 1 heterocycles. The Bertz CT molecular complexity index is 1270. The molecule has 0 radical (unpaired) electrons. The average Bonchev–Trinajstić information content (AvgIpc) is 3.37. The van der Waals surface area contributed by atoms with Gasteiger partial charge >= 0.3 is 0 Å². The van der Waals surface area contributed by atoms with Gasteiger partial charge in [0.1, 0.15) is 6.10 Å². The summed E-state index contributed by atoms with van der Waals surface area (Å²) in [6.45, 7) is 2.57. The fourth-order valence-electron chi connectivity index (χ4n) is 9.68. The van der Waals surface area contributed by atoms with Gasteiger partial charge < -0.3 is 15.1 Å². The molecule has 35 heavy (non-hydrogen) atoms. The minimum atomic E-state index is -0.746. The van der Waals surface area contributed by atoms with Crippen LogP contribution in [0.1, 0.15) is 63.4 Å². The molecule has 0 amide bonds. The normalized spacial score (nSPS) is 44.0. The second kappa shape index (κ2) is 7.27. The first-order valence-electron chi connectivity index (χ1n) is 13.6. The van der Waals surface area contributed by atoms with E-state index in [-0.39, 0.29) is 22.3 Å². The fraction of sp³-hybridized carbons (Fsp3) is 0.581. The summed E-state index contributed by atoms with van der Waals surface area (Å²) in [5.74, 6) is 1.24. The van der Waals surface area contributed by atoms with Crippen molar-refractivity contribution in [2.45, 2.75) is 76.0 Å². The van der Waals surface area contributed by atoms with Gasteiger partial charge in [-0.3, -0.25) is 4.98 Å². The summed E-state index contributed by atoms with van der Waals surface area (Å²) in [6, 6.07) is 9.16. The lowest BCUT2D eigenvalue weighted by Gasteiger charge is -2.56. The highest BCUT2D eigenvalue weighted by Gasteiger charge is 2.66. The van der Waals surface area contributed by atoms with E-state index in [1.54, 1.807) is 0 Å². The van der Waals surface area contributed by atoms with E-state index in [2.05, 4.69) is 53.2 Å². The summed E-state index contributed by atoms with van der Waals surface area (Å²) in [5.41, 5.74) is 4.60. The smallest absolute Gasteiger partial charge is 0.103 e. The second-order valence-electron chi connectivity index (χ2n) is 12.9. The Kier molecular flexibility index (Phi) is 4.62. The number of fused-ring (bicyclic) bond motifs is 2. The van der Waals surface area contributed by atoms with Crippen LogP contribution >= 0.6 is 0 Å². The second-order valence-corrected chi connectivity index (χ2v) is 12.9. The maximum absolute atomic E-state index is 11.2. The zero-order valence-corrected chi connectivity index (χ0v) is 21.2. The van der Waals surface area contributed by atoms with E-state index in [1.165, 1.54) is 41.2 Å². The number of hydrogen-bond donors (Lipinski definition) is 2. The molecule has 4 heteroatoms. The number of aromatic nitrogens is 1. The summed E-state index contributed by atoms with van der Waals surface area (Å²) < 4.78 is 0. The molecule has 0 saturated heterocycles. The van der Waals surface area contributed by atoms with Crippen molar-refractivity contribution >= 4 is 10.8 Å². The number of benzene rings is 1. The molecule has 2 N–H and O–H groups in total. The first-order chi connectivity index (χ1) is 16.8. The summed E-state index contributed by atoms with van der Waals surface area (Å²) in [5, 5.41) is 24.7. The number of hydrogen-bond acceptors (Lipinski definition) is 4. The third kappa shape index (κ3) is 2.82. The summed E-state index contributed by atoms with van der Waals surface area (Å²) >= 11 is 0. The molecule has 2 bridgehead atoms. The molecular weight excluding hydrogens is 432 g/mol. The van der Waals surface area contributed by atoms with Gasteiger partial charge in [-0.25, -0.2) is 0 Å². The van der Waals surface area contributed by atoms with Gasteiger partial charge in [0.2, 0.25) is 0 Å². The predicted molar refractivity (Wildman–Crippen MR) is 139 cm³/mol. The minimum absolute atomic E-state index is 0.0142. The zero-order valence-electron chi connectivity index (χ0n) is 21.2. The van der Waals surface area contributed by atoms with Crippen LogP contribution in [0.2, 0.25) is 0 Å². The maximum Gasteiger partial charge on any atom is 0.103 e. The average molecular weight is 471 g/mol. The van der Waals surface area contributed by atoms with E-state index >= 15 is 0 Å². The monoisotopic (exact) mass is 470 g/mol. The highest BCUT2D eigenvalue weighted by Crippen LogP contribution is 2.75. The zero-order chi connectivity index (χ0) is 24.2. The summed E-state index contributed by atoms with van der Waals surface area (Å²) in [4.78, 5) is 6.50. The summed E-state index contributed by atoms with van der Waals surface area (Å²) in [6.07, 6.45) is 15.4. The third-order valence-corrected chi connectivity index (χ3v) is 11.3. The lowest BCUT2D eigenvalue weighted by atomic mass is 9.49. The molecule has 0 unspecified atom stereocenters.